The molecule has 5 nitrogen and oxygen atoms in total. The van der Waals surface area contributed by atoms with E-state index < -0.39 is 0 Å². The number of ether oxygens (including phenoxy) is 1. The molecule has 2 aromatic rings. The maximum atomic E-state index is 6.14. The summed E-state index contributed by atoms with van der Waals surface area (Å²) in [6, 6.07) is 3.29. The van der Waals surface area contributed by atoms with Crippen LogP contribution in [0.1, 0.15) is 24.6 Å². The van der Waals surface area contributed by atoms with Gasteiger partial charge in [0.2, 0.25) is 0 Å². The van der Waals surface area contributed by atoms with Gasteiger partial charge in [-0.3, -0.25) is 0 Å². The van der Waals surface area contributed by atoms with Gasteiger partial charge < -0.3 is 15.0 Å². The van der Waals surface area contributed by atoms with Crippen molar-refractivity contribution in [1.29, 1.82) is 0 Å². The number of rotatable bonds is 2. The zero-order valence-electron chi connectivity index (χ0n) is 10.6. The van der Waals surface area contributed by atoms with Gasteiger partial charge >= 0.3 is 0 Å². The van der Waals surface area contributed by atoms with Crippen molar-refractivity contribution in [2.45, 2.75) is 18.8 Å². The third-order valence-corrected chi connectivity index (χ3v) is 3.97. The molecule has 20 heavy (non-hydrogen) atoms. The SMILES string of the molecule is Nc1c(Cl)ccc(Cl)c1-c1nc(C2CCCOC2)no1. The Kier molecular flexibility index (Phi) is 3.83. The number of nitrogen functional groups attached to an aromatic ring is 1. The van der Waals surface area contributed by atoms with Crippen LogP contribution in [0.5, 0.6) is 0 Å². The van der Waals surface area contributed by atoms with Gasteiger partial charge in [-0.2, -0.15) is 4.98 Å². The first-order chi connectivity index (χ1) is 9.66. The minimum atomic E-state index is 0.153. The third kappa shape index (κ3) is 2.49. The van der Waals surface area contributed by atoms with E-state index in [1.807, 2.05) is 0 Å². The lowest BCUT2D eigenvalue weighted by molar-refractivity contribution is 0.0773. The number of hydrogen-bond acceptors (Lipinski definition) is 5. The molecule has 0 aliphatic carbocycles. The Morgan fingerprint density at radius 1 is 1.25 bits per heavy atom. The predicted octanol–water partition coefficient (Wildman–Crippen LogP) is 3.52. The van der Waals surface area contributed by atoms with Crippen molar-refractivity contribution in [3.63, 3.8) is 0 Å². The van der Waals surface area contributed by atoms with E-state index in [0.717, 1.165) is 19.4 Å². The summed E-state index contributed by atoms with van der Waals surface area (Å²) in [6.45, 7) is 1.39. The van der Waals surface area contributed by atoms with Crippen LogP contribution < -0.4 is 5.73 Å². The van der Waals surface area contributed by atoms with Crippen molar-refractivity contribution in [2.24, 2.45) is 0 Å². The van der Waals surface area contributed by atoms with Crippen LogP contribution in [0.4, 0.5) is 5.69 Å². The molecule has 1 aliphatic rings. The van der Waals surface area contributed by atoms with Crippen LogP contribution in [-0.4, -0.2) is 23.4 Å². The number of halogens is 2. The molecule has 2 N–H and O–H groups in total. The minimum Gasteiger partial charge on any atom is -0.397 e. The summed E-state index contributed by atoms with van der Waals surface area (Å²) in [7, 11) is 0. The third-order valence-electron chi connectivity index (χ3n) is 3.32. The average molecular weight is 314 g/mol. The maximum absolute atomic E-state index is 6.14. The fourth-order valence-corrected chi connectivity index (χ4v) is 2.63. The van der Waals surface area contributed by atoms with Crippen molar-refractivity contribution >= 4 is 28.9 Å². The first-order valence-corrected chi connectivity index (χ1v) is 7.07. The Balaban J connectivity index is 1.96. The highest BCUT2D eigenvalue weighted by Crippen LogP contribution is 2.37. The fraction of sp³-hybridized carbons (Fsp3) is 0.385. The molecule has 7 heteroatoms. The van der Waals surface area contributed by atoms with E-state index in [9.17, 15) is 0 Å². The van der Waals surface area contributed by atoms with Gasteiger partial charge in [0.05, 0.1) is 27.9 Å². The Bertz CT molecular complexity index is 624. The van der Waals surface area contributed by atoms with Crippen LogP contribution in [0, 0.1) is 0 Å². The van der Waals surface area contributed by atoms with Gasteiger partial charge in [0.25, 0.3) is 5.89 Å². The van der Waals surface area contributed by atoms with Gasteiger partial charge in [-0.15, -0.1) is 0 Å². The molecule has 0 spiro atoms. The van der Waals surface area contributed by atoms with E-state index in [2.05, 4.69) is 10.1 Å². The van der Waals surface area contributed by atoms with E-state index in [4.69, 9.17) is 38.2 Å². The molecule has 3 rings (SSSR count). The highest BCUT2D eigenvalue weighted by molar-refractivity contribution is 6.37. The smallest absolute Gasteiger partial charge is 0.261 e. The Morgan fingerprint density at radius 2 is 2.05 bits per heavy atom. The van der Waals surface area contributed by atoms with Crippen LogP contribution in [0.25, 0.3) is 11.5 Å². The molecular formula is C13H13Cl2N3O2. The normalized spacial score (nSPS) is 19.2. The first kappa shape index (κ1) is 13.7. The van der Waals surface area contributed by atoms with Crippen LogP contribution in [0.3, 0.4) is 0 Å². The molecular weight excluding hydrogens is 301 g/mol. The molecule has 0 radical (unpaired) electrons. The Hall–Kier alpha value is -1.30. The lowest BCUT2D eigenvalue weighted by Crippen LogP contribution is -2.16. The van der Waals surface area contributed by atoms with Crippen molar-refractivity contribution in [2.75, 3.05) is 18.9 Å². The zero-order valence-corrected chi connectivity index (χ0v) is 12.1. The second-order valence-corrected chi connectivity index (χ2v) is 5.50. The fourth-order valence-electron chi connectivity index (χ4n) is 2.23. The van der Waals surface area contributed by atoms with E-state index in [-0.39, 0.29) is 11.8 Å². The quantitative estimate of drug-likeness (QED) is 0.859. The van der Waals surface area contributed by atoms with Crippen LogP contribution in [0.15, 0.2) is 16.7 Å². The summed E-state index contributed by atoms with van der Waals surface area (Å²) in [5.74, 6) is 1.06. The van der Waals surface area contributed by atoms with Crippen LogP contribution >= 0.6 is 23.2 Å². The number of benzene rings is 1. The van der Waals surface area contributed by atoms with E-state index in [0.29, 0.717) is 33.7 Å². The summed E-state index contributed by atoms with van der Waals surface area (Å²) in [5.41, 5.74) is 6.76. The number of nitrogens with two attached hydrogens (primary N) is 1. The molecule has 1 saturated heterocycles. The average Bonchev–Trinajstić information content (AvgIpc) is 2.94. The molecule has 1 atom stereocenters. The topological polar surface area (TPSA) is 74.2 Å². The molecule has 0 amide bonds. The van der Waals surface area contributed by atoms with Crippen molar-refractivity contribution < 1.29 is 9.26 Å². The second-order valence-electron chi connectivity index (χ2n) is 4.69. The number of nitrogens with zero attached hydrogens (tertiary/aromatic N) is 2. The molecule has 1 aromatic carbocycles. The molecule has 106 valence electrons. The van der Waals surface area contributed by atoms with E-state index in [1.54, 1.807) is 12.1 Å². The number of anilines is 1. The molecule has 2 heterocycles. The van der Waals surface area contributed by atoms with Crippen LogP contribution in [-0.2, 0) is 4.74 Å². The van der Waals surface area contributed by atoms with Gasteiger partial charge in [0.1, 0.15) is 0 Å². The summed E-state index contributed by atoms with van der Waals surface area (Å²) in [4.78, 5) is 4.39. The lowest BCUT2D eigenvalue weighted by Gasteiger charge is -2.18. The number of aromatic nitrogens is 2. The molecule has 0 bridgehead atoms. The second kappa shape index (κ2) is 5.60. The van der Waals surface area contributed by atoms with Crippen molar-refractivity contribution in [3.05, 3.63) is 28.0 Å². The van der Waals surface area contributed by atoms with Gasteiger partial charge in [-0.05, 0) is 25.0 Å². The zero-order chi connectivity index (χ0) is 14.1. The molecule has 1 fully saturated rings. The molecule has 0 saturated carbocycles. The van der Waals surface area contributed by atoms with Gasteiger partial charge in [0.15, 0.2) is 5.82 Å². The lowest BCUT2D eigenvalue weighted by atomic mass is 10.0. The van der Waals surface area contributed by atoms with Gasteiger partial charge in [0, 0.05) is 12.5 Å². The predicted molar refractivity (Wildman–Crippen MR) is 77.0 cm³/mol. The van der Waals surface area contributed by atoms with Gasteiger partial charge in [-0.1, -0.05) is 28.4 Å². The summed E-state index contributed by atoms with van der Waals surface area (Å²) < 4.78 is 10.7. The standard InChI is InChI=1S/C13H13Cl2N3O2/c14-8-3-4-9(15)11(16)10(8)13-17-12(18-20-13)7-2-1-5-19-6-7/h3-4,7H,1-2,5-6,16H2. The first-order valence-electron chi connectivity index (χ1n) is 6.32. The van der Waals surface area contributed by atoms with Crippen molar-refractivity contribution in [1.82, 2.24) is 10.1 Å². The molecule has 1 aliphatic heterocycles. The summed E-state index contributed by atoms with van der Waals surface area (Å²) in [5, 5.41) is 4.84. The monoisotopic (exact) mass is 313 g/mol. The van der Waals surface area contributed by atoms with E-state index in [1.165, 1.54) is 0 Å². The largest absolute Gasteiger partial charge is 0.397 e. The van der Waals surface area contributed by atoms with Crippen LogP contribution in [0.2, 0.25) is 10.0 Å². The van der Waals surface area contributed by atoms with Crippen molar-refractivity contribution in [3.8, 4) is 11.5 Å². The minimum absolute atomic E-state index is 0.153. The Morgan fingerprint density at radius 3 is 2.80 bits per heavy atom. The highest BCUT2D eigenvalue weighted by atomic mass is 35.5. The van der Waals surface area contributed by atoms with E-state index >= 15 is 0 Å². The van der Waals surface area contributed by atoms with Gasteiger partial charge in [-0.25, -0.2) is 0 Å². The number of hydrogen-bond donors (Lipinski definition) is 1. The summed E-state index contributed by atoms with van der Waals surface area (Å²) >= 11 is 12.1. The molecule has 1 unspecified atom stereocenters. The highest BCUT2D eigenvalue weighted by Gasteiger charge is 2.24. The Labute approximate surface area is 126 Å². The maximum Gasteiger partial charge on any atom is 0.261 e. The molecule has 1 aromatic heterocycles. The summed E-state index contributed by atoms with van der Waals surface area (Å²) in [6.07, 6.45) is 1.98.